The van der Waals surface area contributed by atoms with Crippen molar-refractivity contribution in [2.24, 2.45) is 11.8 Å². The van der Waals surface area contributed by atoms with Gasteiger partial charge in [-0.25, -0.2) is 0 Å². The van der Waals surface area contributed by atoms with E-state index >= 15 is 0 Å². The van der Waals surface area contributed by atoms with Gasteiger partial charge in [-0.3, -0.25) is 0 Å². The van der Waals surface area contributed by atoms with Gasteiger partial charge < -0.3 is 10.2 Å². The molecule has 0 fully saturated rings. The molecule has 0 radical (unpaired) electrons. The van der Waals surface area contributed by atoms with E-state index in [0.29, 0.717) is 0 Å². The molecular formula is C15H28N2S. The Kier molecular flexibility index (Phi) is 7.56. The van der Waals surface area contributed by atoms with Gasteiger partial charge in [0.1, 0.15) is 0 Å². The fourth-order valence-corrected chi connectivity index (χ4v) is 2.83. The molecule has 0 saturated carbocycles. The van der Waals surface area contributed by atoms with Crippen molar-refractivity contribution < 1.29 is 0 Å². The van der Waals surface area contributed by atoms with Crippen molar-refractivity contribution in [3.8, 4) is 0 Å². The average Bonchev–Trinajstić information content (AvgIpc) is 2.75. The Hall–Kier alpha value is -0.380. The van der Waals surface area contributed by atoms with E-state index in [1.165, 1.54) is 18.0 Å². The maximum Gasteiger partial charge on any atom is 0.0300 e. The lowest BCUT2D eigenvalue weighted by molar-refractivity contribution is 0.219. The lowest BCUT2D eigenvalue weighted by Gasteiger charge is -2.26. The maximum absolute atomic E-state index is 3.53. The lowest BCUT2D eigenvalue weighted by atomic mass is 10.1. The lowest BCUT2D eigenvalue weighted by Crippen LogP contribution is -2.36. The summed E-state index contributed by atoms with van der Waals surface area (Å²) in [5, 5.41) is 5.67. The quantitative estimate of drug-likeness (QED) is 0.690. The first kappa shape index (κ1) is 15.7. The minimum atomic E-state index is 0.751. The van der Waals surface area contributed by atoms with Crippen molar-refractivity contribution in [2.45, 2.75) is 34.2 Å². The van der Waals surface area contributed by atoms with Crippen molar-refractivity contribution in [3.63, 3.8) is 0 Å². The zero-order valence-electron chi connectivity index (χ0n) is 12.3. The molecule has 1 aromatic rings. The minimum Gasteiger partial charge on any atom is -0.311 e. The molecule has 1 heterocycles. The summed E-state index contributed by atoms with van der Waals surface area (Å²) < 4.78 is 0. The zero-order chi connectivity index (χ0) is 13.4. The first-order valence-electron chi connectivity index (χ1n) is 7.03. The molecule has 104 valence electrons. The summed E-state index contributed by atoms with van der Waals surface area (Å²) in [6, 6.07) is 4.31. The Labute approximate surface area is 116 Å². The normalized spacial score (nSPS) is 11.9. The van der Waals surface area contributed by atoms with Crippen LogP contribution in [0.4, 0.5) is 0 Å². The van der Waals surface area contributed by atoms with E-state index in [9.17, 15) is 0 Å². The topological polar surface area (TPSA) is 15.3 Å². The Morgan fingerprint density at radius 2 is 1.83 bits per heavy atom. The molecular weight excluding hydrogens is 240 g/mol. The van der Waals surface area contributed by atoms with Crippen molar-refractivity contribution in [3.05, 3.63) is 22.4 Å². The smallest absolute Gasteiger partial charge is 0.0300 e. The molecule has 0 aliphatic heterocycles. The molecule has 2 nitrogen and oxygen atoms in total. The molecule has 0 saturated heterocycles. The van der Waals surface area contributed by atoms with Crippen LogP contribution in [-0.2, 0) is 6.54 Å². The summed E-state index contributed by atoms with van der Waals surface area (Å²) >= 11 is 1.83. The molecule has 1 rings (SSSR count). The second-order valence-electron chi connectivity index (χ2n) is 5.80. The van der Waals surface area contributed by atoms with E-state index in [4.69, 9.17) is 0 Å². The molecule has 0 aliphatic rings. The van der Waals surface area contributed by atoms with E-state index in [0.717, 1.165) is 31.5 Å². The first-order chi connectivity index (χ1) is 8.58. The highest BCUT2D eigenvalue weighted by Crippen LogP contribution is 2.07. The van der Waals surface area contributed by atoms with Crippen LogP contribution >= 0.6 is 11.3 Å². The molecule has 0 bridgehead atoms. The van der Waals surface area contributed by atoms with Crippen LogP contribution in [0.3, 0.4) is 0 Å². The highest BCUT2D eigenvalue weighted by atomic mass is 32.1. The van der Waals surface area contributed by atoms with Crippen LogP contribution in [0.25, 0.3) is 0 Å². The summed E-state index contributed by atoms with van der Waals surface area (Å²) in [6.45, 7) is 14.9. The minimum absolute atomic E-state index is 0.751. The average molecular weight is 268 g/mol. The fraction of sp³-hybridized carbons (Fsp3) is 0.733. The molecule has 0 atom stereocenters. The molecule has 0 amide bonds. The first-order valence-corrected chi connectivity index (χ1v) is 7.91. The molecule has 0 aromatic carbocycles. The number of nitrogens with one attached hydrogen (secondary N) is 1. The summed E-state index contributed by atoms with van der Waals surface area (Å²) in [7, 11) is 0. The molecule has 1 N–H and O–H groups in total. The van der Waals surface area contributed by atoms with Crippen molar-refractivity contribution >= 4 is 11.3 Å². The molecule has 0 unspecified atom stereocenters. The van der Waals surface area contributed by atoms with Crippen LogP contribution in [0.5, 0.6) is 0 Å². The Morgan fingerprint density at radius 3 is 2.33 bits per heavy atom. The van der Waals surface area contributed by atoms with Crippen LogP contribution in [-0.4, -0.2) is 31.1 Å². The predicted molar refractivity (Wildman–Crippen MR) is 82.1 cm³/mol. The Morgan fingerprint density at radius 1 is 1.17 bits per heavy atom. The zero-order valence-corrected chi connectivity index (χ0v) is 13.1. The summed E-state index contributed by atoms with van der Waals surface area (Å²) in [5.41, 5.74) is 0. The second kappa shape index (κ2) is 8.68. The standard InChI is InChI=1S/C15H28N2S/c1-13(2)11-17(12-14(3)4)8-7-16-10-15-6-5-9-18-15/h5-6,9,13-14,16H,7-8,10-12H2,1-4H3. The van der Waals surface area contributed by atoms with E-state index in [2.05, 4.69) is 55.4 Å². The number of hydrogen-bond acceptors (Lipinski definition) is 3. The van der Waals surface area contributed by atoms with Crippen LogP contribution in [0.2, 0.25) is 0 Å². The van der Waals surface area contributed by atoms with Gasteiger partial charge in [-0.05, 0) is 23.3 Å². The third-order valence-corrected chi connectivity index (χ3v) is 3.61. The van der Waals surface area contributed by atoms with Gasteiger partial charge in [-0.15, -0.1) is 11.3 Å². The van der Waals surface area contributed by atoms with E-state index in [-0.39, 0.29) is 0 Å². The molecule has 0 aliphatic carbocycles. The second-order valence-corrected chi connectivity index (χ2v) is 6.84. The molecule has 0 spiro atoms. The van der Waals surface area contributed by atoms with E-state index in [1.807, 2.05) is 11.3 Å². The Bertz CT molecular complexity index is 283. The van der Waals surface area contributed by atoms with Crippen LogP contribution in [0.15, 0.2) is 17.5 Å². The molecule has 3 heteroatoms. The van der Waals surface area contributed by atoms with E-state index in [1.54, 1.807) is 0 Å². The Balaban J connectivity index is 2.19. The predicted octanol–water partition coefficient (Wildman–Crippen LogP) is 3.45. The van der Waals surface area contributed by atoms with Gasteiger partial charge in [-0.1, -0.05) is 33.8 Å². The van der Waals surface area contributed by atoms with Gasteiger partial charge in [0.25, 0.3) is 0 Å². The highest BCUT2D eigenvalue weighted by molar-refractivity contribution is 7.09. The van der Waals surface area contributed by atoms with Crippen molar-refractivity contribution in [1.82, 2.24) is 10.2 Å². The molecule has 1 aromatic heterocycles. The third kappa shape index (κ3) is 7.14. The molecule has 18 heavy (non-hydrogen) atoms. The van der Waals surface area contributed by atoms with Gasteiger partial charge in [0.05, 0.1) is 0 Å². The van der Waals surface area contributed by atoms with Crippen LogP contribution in [0.1, 0.15) is 32.6 Å². The van der Waals surface area contributed by atoms with Crippen molar-refractivity contribution in [2.75, 3.05) is 26.2 Å². The fourth-order valence-electron chi connectivity index (χ4n) is 2.15. The van der Waals surface area contributed by atoms with Gasteiger partial charge >= 0.3 is 0 Å². The largest absolute Gasteiger partial charge is 0.311 e. The summed E-state index contributed by atoms with van der Waals surface area (Å²) in [6.07, 6.45) is 0. The summed E-state index contributed by atoms with van der Waals surface area (Å²) in [4.78, 5) is 4.01. The maximum atomic E-state index is 3.53. The monoisotopic (exact) mass is 268 g/mol. The number of rotatable bonds is 9. The summed E-state index contributed by atoms with van der Waals surface area (Å²) in [5.74, 6) is 1.50. The number of hydrogen-bond donors (Lipinski definition) is 1. The highest BCUT2D eigenvalue weighted by Gasteiger charge is 2.08. The van der Waals surface area contributed by atoms with Crippen LogP contribution in [0, 0.1) is 11.8 Å². The SMILES string of the molecule is CC(C)CN(CCNCc1cccs1)CC(C)C. The number of nitrogens with zero attached hydrogens (tertiary/aromatic N) is 1. The van der Waals surface area contributed by atoms with Crippen LogP contribution < -0.4 is 5.32 Å². The van der Waals surface area contributed by atoms with Gasteiger partial charge in [-0.2, -0.15) is 0 Å². The van der Waals surface area contributed by atoms with Gasteiger partial charge in [0, 0.05) is 37.6 Å². The van der Waals surface area contributed by atoms with Gasteiger partial charge in [0.2, 0.25) is 0 Å². The van der Waals surface area contributed by atoms with E-state index < -0.39 is 0 Å². The van der Waals surface area contributed by atoms with Gasteiger partial charge in [0.15, 0.2) is 0 Å². The third-order valence-electron chi connectivity index (χ3n) is 2.73. The number of thiophene rings is 1. The van der Waals surface area contributed by atoms with Crippen molar-refractivity contribution in [1.29, 1.82) is 0 Å².